The van der Waals surface area contributed by atoms with Crippen molar-refractivity contribution >= 4 is 28.3 Å². The summed E-state index contributed by atoms with van der Waals surface area (Å²) in [6, 6.07) is 10.1. The third-order valence-electron chi connectivity index (χ3n) is 3.40. The van der Waals surface area contributed by atoms with Gasteiger partial charge in [-0.15, -0.1) is 0 Å². The van der Waals surface area contributed by atoms with Crippen molar-refractivity contribution < 1.29 is 4.39 Å². The number of rotatable bonds is 2. The highest BCUT2D eigenvalue weighted by Crippen LogP contribution is 2.29. The number of anilines is 1. The fourth-order valence-corrected chi connectivity index (χ4v) is 2.44. The second-order valence-electron chi connectivity index (χ2n) is 4.72. The Morgan fingerprint density at radius 1 is 1.14 bits per heavy atom. The van der Waals surface area contributed by atoms with Gasteiger partial charge in [-0.3, -0.25) is 0 Å². The first-order valence-corrected chi connectivity index (χ1v) is 6.88. The topological polar surface area (TPSA) is 37.8 Å². The van der Waals surface area contributed by atoms with E-state index < -0.39 is 0 Å². The van der Waals surface area contributed by atoms with Crippen molar-refractivity contribution in [1.29, 1.82) is 0 Å². The maximum Gasteiger partial charge on any atom is 0.162 e. The maximum atomic E-state index is 13.4. The van der Waals surface area contributed by atoms with Gasteiger partial charge in [0.1, 0.15) is 11.6 Å². The number of hydrogen-bond donors (Lipinski definition) is 1. The number of nitrogens with one attached hydrogen (secondary N) is 1. The number of benzene rings is 2. The summed E-state index contributed by atoms with van der Waals surface area (Å²) in [5.41, 5.74) is 2.47. The summed E-state index contributed by atoms with van der Waals surface area (Å²) in [5.74, 6) is 0.849. The first kappa shape index (κ1) is 13.8. The molecule has 3 rings (SSSR count). The van der Waals surface area contributed by atoms with Crippen LogP contribution in [0.25, 0.3) is 22.3 Å². The van der Waals surface area contributed by atoms with Crippen molar-refractivity contribution in [2.45, 2.75) is 6.92 Å². The lowest BCUT2D eigenvalue weighted by Crippen LogP contribution is -2.00. The van der Waals surface area contributed by atoms with E-state index in [2.05, 4.69) is 15.3 Å². The van der Waals surface area contributed by atoms with Gasteiger partial charge in [-0.1, -0.05) is 23.7 Å². The zero-order chi connectivity index (χ0) is 15.0. The van der Waals surface area contributed by atoms with Gasteiger partial charge in [-0.25, -0.2) is 14.4 Å². The van der Waals surface area contributed by atoms with Crippen molar-refractivity contribution in [2.24, 2.45) is 0 Å². The minimum Gasteiger partial charge on any atom is -0.373 e. The molecule has 0 radical (unpaired) electrons. The van der Waals surface area contributed by atoms with Crippen LogP contribution in [-0.2, 0) is 0 Å². The van der Waals surface area contributed by atoms with E-state index in [0.29, 0.717) is 27.6 Å². The van der Waals surface area contributed by atoms with Crippen molar-refractivity contribution in [1.82, 2.24) is 9.97 Å². The van der Waals surface area contributed by atoms with Crippen LogP contribution in [0.3, 0.4) is 0 Å². The lowest BCUT2D eigenvalue weighted by molar-refractivity contribution is 0.629. The molecule has 0 bridgehead atoms. The van der Waals surface area contributed by atoms with Crippen molar-refractivity contribution in [3.63, 3.8) is 0 Å². The lowest BCUT2D eigenvalue weighted by Gasteiger charge is -2.10. The second-order valence-corrected chi connectivity index (χ2v) is 5.13. The van der Waals surface area contributed by atoms with Crippen molar-refractivity contribution in [3.05, 3.63) is 52.8 Å². The van der Waals surface area contributed by atoms with E-state index in [9.17, 15) is 4.39 Å². The quantitative estimate of drug-likeness (QED) is 0.760. The van der Waals surface area contributed by atoms with Gasteiger partial charge in [0.15, 0.2) is 5.82 Å². The predicted octanol–water partition coefficient (Wildman–Crippen LogP) is 4.44. The molecule has 5 heteroatoms. The molecule has 1 heterocycles. The molecule has 0 aliphatic rings. The van der Waals surface area contributed by atoms with Crippen LogP contribution in [0.1, 0.15) is 5.56 Å². The molecule has 0 fully saturated rings. The van der Waals surface area contributed by atoms with E-state index >= 15 is 0 Å². The van der Waals surface area contributed by atoms with E-state index in [1.165, 1.54) is 12.1 Å². The maximum absolute atomic E-state index is 13.4. The number of halogens is 2. The number of aromatic nitrogens is 2. The first-order chi connectivity index (χ1) is 10.1. The van der Waals surface area contributed by atoms with E-state index in [0.717, 1.165) is 11.1 Å². The summed E-state index contributed by atoms with van der Waals surface area (Å²) >= 11 is 6.16. The summed E-state index contributed by atoms with van der Waals surface area (Å²) < 4.78 is 13.4. The molecule has 106 valence electrons. The van der Waals surface area contributed by atoms with Crippen LogP contribution < -0.4 is 5.32 Å². The molecule has 0 aliphatic heterocycles. The molecule has 0 amide bonds. The van der Waals surface area contributed by atoms with Gasteiger partial charge in [-0.05, 0) is 36.8 Å². The highest BCUT2D eigenvalue weighted by Gasteiger charge is 2.12. The van der Waals surface area contributed by atoms with Crippen LogP contribution in [0.5, 0.6) is 0 Å². The first-order valence-electron chi connectivity index (χ1n) is 6.50. The Labute approximate surface area is 126 Å². The SMILES string of the molecule is CNc1nc(-c2cccc(Cl)c2C)nc2ccc(F)cc12. The molecule has 1 N–H and O–H groups in total. The Morgan fingerprint density at radius 2 is 1.95 bits per heavy atom. The number of hydrogen-bond acceptors (Lipinski definition) is 3. The van der Waals surface area contributed by atoms with E-state index in [-0.39, 0.29) is 5.82 Å². The van der Waals surface area contributed by atoms with Crippen LogP contribution in [0.2, 0.25) is 5.02 Å². The molecule has 3 aromatic rings. The van der Waals surface area contributed by atoms with E-state index in [1.807, 2.05) is 25.1 Å². The smallest absolute Gasteiger partial charge is 0.162 e. The van der Waals surface area contributed by atoms with Crippen molar-refractivity contribution in [3.8, 4) is 11.4 Å². The highest BCUT2D eigenvalue weighted by molar-refractivity contribution is 6.31. The molecule has 2 aromatic carbocycles. The fourth-order valence-electron chi connectivity index (χ4n) is 2.26. The monoisotopic (exact) mass is 301 g/mol. The molecule has 0 saturated carbocycles. The van der Waals surface area contributed by atoms with Gasteiger partial charge in [0.25, 0.3) is 0 Å². The van der Waals surface area contributed by atoms with Crippen LogP contribution in [0, 0.1) is 12.7 Å². The van der Waals surface area contributed by atoms with Crippen molar-refractivity contribution in [2.75, 3.05) is 12.4 Å². The third-order valence-corrected chi connectivity index (χ3v) is 3.81. The largest absolute Gasteiger partial charge is 0.373 e. The number of nitrogens with zero attached hydrogens (tertiary/aromatic N) is 2. The summed E-state index contributed by atoms with van der Waals surface area (Å²) in [4.78, 5) is 9.01. The Hall–Kier alpha value is -2.20. The zero-order valence-electron chi connectivity index (χ0n) is 11.6. The summed E-state index contributed by atoms with van der Waals surface area (Å²) in [6.07, 6.45) is 0. The Morgan fingerprint density at radius 3 is 2.71 bits per heavy atom. The summed E-state index contributed by atoms with van der Waals surface area (Å²) in [6.45, 7) is 1.93. The molecule has 0 spiro atoms. The molecular formula is C16H13ClFN3. The standard InChI is InChI=1S/C16H13ClFN3/c1-9-11(4-3-5-13(9)17)16-20-14-7-6-10(18)8-12(14)15(19-2)21-16/h3-8H,1-2H3,(H,19,20,21). The number of fused-ring (bicyclic) bond motifs is 1. The molecule has 0 atom stereocenters. The normalized spacial score (nSPS) is 10.9. The van der Waals surface area contributed by atoms with Crippen LogP contribution in [0.4, 0.5) is 10.2 Å². The second kappa shape index (κ2) is 5.30. The average Bonchev–Trinajstić information content (AvgIpc) is 2.49. The molecule has 0 unspecified atom stereocenters. The minimum atomic E-state index is -0.311. The van der Waals surface area contributed by atoms with E-state index in [4.69, 9.17) is 11.6 Å². The van der Waals surface area contributed by atoms with Gasteiger partial charge in [0.05, 0.1) is 5.52 Å². The molecular weight excluding hydrogens is 289 g/mol. The zero-order valence-corrected chi connectivity index (χ0v) is 12.4. The molecule has 21 heavy (non-hydrogen) atoms. The van der Waals surface area contributed by atoms with Gasteiger partial charge in [-0.2, -0.15) is 0 Å². The molecule has 1 aromatic heterocycles. The van der Waals surface area contributed by atoms with Gasteiger partial charge in [0, 0.05) is 23.0 Å². The Balaban J connectivity index is 2.29. The van der Waals surface area contributed by atoms with Gasteiger partial charge >= 0.3 is 0 Å². The average molecular weight is 302 g/mol. The Kier molecular flexibility index (Phi) is 3.47. The molecule has 3 nitrogen and oxygen atoms in total. The lowest BCUT2D eigenvalue weighted by atomic mass is 10.1. The molecule has 0 aliphatic carbocycles. The van der Waals surface area contributed by atoms with Crippen LogP contribution in [0.15, 0.2) is 36.4 Å². The highest BCUT2D eigenvalue weighted by atomic mass is 35.5. The fraction of sp³-hybridized carbons (Fsp3) is 0.125. The van der Waals surface area contributed by atoms with Crippen LogP contribution >= 0.6 is 11.6 Å². The third kappa shape index (κ3) is 2.43. The Bertz CT molecular complexity index is 833. The van der Waals surface area contributed by atoms with Gasteiger partial charge < -0.3 is 5.32 Å². The summed E-state index contributed by atoms with van der Waals surface area (Å²) in [7, 11) is 1.75. The predicted molar refractivity (Wildman–Crippen MR) is 84.2 cm³/mol. The summed E-state index contributed by atoms with van der Waals surface area (Å²) in [5, 5.41) is 4.31. The van der Waals surface area contributed by atoms with Gasteiger partial charge in [0.2, 0.25) is 0 Å². The molecule has 0 saturated heterocycles. The minimum absolute atomic E-state index is 0.311. The van der Waals surface area contributed by atoms with E-state index in [1.54, 1.807) is 13.1 Å². The van der Waals surface area contributed by atoms with Crippen LogP contribution in [-0.4, -0.2) is 17.0 Å².